The van der Waals surface area contributed by atoms with Crippen LogP contribution in [0.25, 0.3) is 6.08 Å². The smallest absolute Gasteiger partial charge is 0.0704 e. The molecule has 0 saturated heterocycles. The number of aliphatic hydroxyl groups excluding tert-OH is 1. The highest BCUT2D eigenvalue weighted by atomic mass is 16.3. The predicted octanol–water partition coefficient (Wildman–Crippen LogP) is 1.71. The van der Waals surface area contributed by atoms with E-state index in [4.69, 9.17) is 5.73 Å². The minimum absolute atomic E-state index is 0.320. The van der Waals surface area contributed by atoms with Crippen molar-refractivity contribution in [2.75, 3.05) is 0 Å². The van der Waals surface area contributed by atoms with Crippen molar-refractivity contribution in [3.05, 3.63) is 42.0 Å². The molecule has 0 bridgehead atoms. The summed E-state index contributed by atoms with van der Waals surface area (Å²) in [5.74, 6) is 0. The molecule has 1 aromatic carbocycles. The molecule has 70 valence electrons. The van der Waals surface area contributed by atoms with E-state index < -0.39 is 6.10 Å². The topological polar surface area (TPSA) is 46.2 Å². The lowest BCUT2D eigenvalue weighted by atomic mass is 10.0. The largest absolute Gasteiger partial charge is 0.391 e. The van der Waals surface area contributed by atoms with Crippen LogP contribution in [0.15, 0.2) is 30.8 Å². The van der Waals surface area contributed by atoms with Crippen LogP contribution in [0.2, 0.25) is 0 Å². The summed E-state index contributed by atoms with van der Waals surface area (Å²) in [4.78, 5) is 0. The molecule has 13 heavy (non-hydrogen) atoms. The molecular weight excluding hydrogens is 162 g/mol. The highest BCUT2D eigenvalue weighted by molar-refractivity contribution is 5.48. The molecule has 0 aliphatic rings. The van der Waals surface area contributed by atoms with Crippen molar-refractivity contribution in [3.63, 3.8) is 0 Å². The standard InChI is InChI=1S/C11H15NO/c1-3-9-5-4-6-10(7-9)11(12)8(2)13/h3-8,11,13H,1,12H2,2H3. The van der Waals surface area contributed by atoms with Gasteiger partial charge in [-0.3, -0.25) is 0 Å². The van der Waals surface area contributed by atoms with Crippen molar-refractivity contribution >= 4 is 6.08 Å². The lowest BCUT2D eigenvalue weighted by Gasteiger charge is -2.15. The van der Waals surface area contributed by atoms with Crippen molar-refractivity contribution < 1.29 is 5.11 Å². The maximum absolute atomic E-state index is 9.29. The SMILES string of the molecule is C=Cc1cccc(C(N)C(C)O)c1. The molecule has 0 saturated carbocycles. The first kappa shape index (κ1) is 9.96. The number of aliphatic hydroxyl groups is 1. The van der Waals surface area contributed by atoms with Crippen molar-refractivity contribution in [2.24, 2.45) is 5.73 Å². The van der Waals surface area contributed by atoms with Crippen LogP contribution in [0.5, 0.6) is 0 Å². The summed E-state index contributed by atoms with van der Waals surface area (Å²) >= 11 is 0. The Morgan fingerprint density at radius 1 is 1.54 bits per heavy atom. The van der Waals surface area contributed by atoms with Crippen LogP contribution >= 0.6 is 0 Å². The number of hydrogen-bond acceptors (Lipinski definition) is 2. The Morgan fingerprint density at radius 2 is 2.23 bits per heavy atom. The molecule has 0 radical (unpaired) electrons. The van der Waals surface area contributed by atoms with Gasteiger partial charge >= 0.3 is 0 Å². The molecule has 0 aromatic heterocycles. The number of hydrogen-bond donors (Lipinski definition) is 2. The second kappa shape index (κ2) is 4.21. The van der Waals surface area contributed by atoms with Gasteiger partial charge in [-0.25, -0.2) is 0 Å². The number of rotatable bonds is 3. The van der Waals surface area contributed by atoms with E-state index in [1.54, 1.807) is 13.0 Å². The normalized spacial score (nSPS) is 15.0. The minimum Gasteiger partial charge on any atom is -0.391 e. The van der Waals surface area contributed by atoms with Crippen LogP contribution in [-0.4, -0.2) is 11.2 Å². The fraction of sp³-hybridized carbons (Fsp3) is 0.273. The highest BCUT2D eigenvalue weighted by Gasteiger charge is 2.11. The van der Waals surface area contributed by atoms with Crippen LogP contribution in [0.1, 0.15) is 24.1 Å². The van der Waals surface area contributed by atoms with Gasteiger partial charge in [-0.15, -0.1) is 0 Å². The third-order valence-corrected chi connectivity index (χ3v) is 2.05. The van der Waals surface area contributed by atoms with Gasteiger partial charge in [-0.1, -0.05) is 36.9 Å². The summed E-state index contributed by atoms with van der Waals surface area (Å²) in [6, 6.07) is 7.38. The predicted molar refractivity (Wildman–Crippen MR) is 55.1 cm³/mol. The molecule has 0 aliphatic carbocycles. The Hall–Kier alpha value is -1.12. The van der Waals surface area contributed by atoms with Gasteiger partial charge in [0.2, 0.25) is 0 Å². The third-order valence-electron chi connectivity index (χ3n) is 2.05. The number of benzene rings is 1. The molecule has 0 amide bonds. The molecule has 2 unspecified atom stereocenters. The van der Waals surface area contributed by atoms with E-state index in [-0.39, 0.29) is 6.04 Å². The van der Waals surface area contributed by atoms with Crippen molar-refractivity contribution in [2.45, 2.75) is 19.1 Å². The highest BCUT2D eigenvalue weighted by Crippen LogP contribution is 2.15. The van der Waals surface area contributed by atoms with E-state index >= 15 is 0 Å². The molecule has 1 rings (SSSR count). The monoisotopic (exact) mass is 177 g/mol. The van der Waals surface area contributed by atoms with Gasteiger partial charge in [0.1, 0.15) is 0 Å². The molecule has 2 heteroatoms. The number of nitrogens with two attached hydrogens (primary N) is 1. The molecule has 3 N–H and O–H groups in total. The Bertz CT molecular complexity index is 294. The second-order valence-electron chi connectivity index (χ2n) is 3.14. The minimum atomic E-state index is -0.528. The zero-order valence-corrected chi connectivity index (χ0v) is 7.77. The van der Waals surface area contributed by atoms with E-state index in [0.29, 0.717) is 0 Å². The van der Waals surface area contributed by atoms with Gasteiger partial charge in [0.15, 0.2) is 0 Å². The Morgan fingerprint density at radius 3 is 2.77 bits per heavy atom. The third kappa shape index (κ3) is 2.41. The van der Waals surface area contributed by atoms with E-state index in [1.807, 2.05) is 24.3 Å². The first-order valence-corrected chi connectivity index (χ1v) is 4.31. The molecule has 0 fully saturated rings. The lowest BCUT2D eigenvalue weighted by Crippen LogP contribution is -2.23. The molecule has 0 heterocycles. The molecule has 1 aromatic rings. The average Bonchev–Trinajstić information content (AvgIpc) is 2.16. The van der Waals surface area contributed by atoms with Crippen molar-refractivity contribution in [1.82, 2.24) is 0 Å². The summed E-state index contributed by atoms with van der Waals surface area (Å²) in [7, 11) is 0. The van der Waals surface area contributed by atoms with Crippen LogP contribution in [0.3, 0.4) is 0 Å². The molecule has 2 atom stereocenters. The van der Waals surface area contributed by atoms with Gasteiger partial charge in [0, 0.05) is 0 Å². The summed E-state index contributed by atoms with van der Waals surface area (Å²) in [6.45, 7) is 5.36. The quantitative estimate of drug-likeness (QED) is 0.738. The Labute approximate surface area is 78.7 Å². The lowest BCUT2D eigenvalue weighted by molar-refractivity contribution is 0.164. The van der Waals surface area contributed by atoms with Gasteiger partial charge in [-0.2, -0.15) is 0 Å². The maximum Gasteiger partial charge on any atom is 0.0704 e. The van der Waals surface area contributed by atoms with Crippen LogP contribution < -0.4 is 5.73 Å². The first-order chi connectivity index (χ1) is 6.15. The summed E-state index contributed by atoms with van der Waals surface area (Å²) in [5, 5.41) is 9.29. The molecule has 0 aliphatic heterocycles. The van der Waals surface area contributed by atoms with Gasteiger partial charge in [0.25, 0.3) is 0 Å². The van der Waals surface area contributed by atoms with Crippen LogP contribution in [0.4, 0.5) is 0 Å². The van der Waals surface area contributed by atoms with E-state index in [9.17, 15) is 5.11 Å². The van der Waals surface area contributed by atoms with Crippen LogP contribution in [-0.2, 0) is 0 Å². The van der Waals surface area contributed by atoms with Crippen molar-refractivity contribution in [3.8, 4) is 0 Å². The average molecular weight is 177 g/mol. The van der Waals surface area contributed by atoms with E-state index in [1.165, 1.54) is 0 Å². The van der Waals surface area contributed by atoms with Crippen LogP contribution in [0, 0.1) is 0 Å². The fourth-order valence-corrected chi connectivity index (χ4v) is 1.17. The van der Waals surface area contributed by atoms with Gasteiger partial charge in [0.05, 0.1) is 12.1 Å². The zero-order chi connectivity index (χ0) is 9.84. The Balaban J connectivity index is 2.94. The molecule has 0 spiro atoms. The Kier molecular flexibility index (Phi) is 3.23. The summed E-state index contributed by atoms with van der Waals surface area (Å²) in [6.07, 6.45) is 1.23. The van der Waals surface area contributed by atoms with E-state index in [2.05, 4.69) is 6.58 Å². The van der Waals surface area contributed by atoms with Crippen molar-refractivity contribution in [1.29, 1.82) is 0 Å². The summed E-state index contributed by atoms with van der Waals surface area (Å²) in [5.41, 5.74) is 7.74. The van der Waals surface area contributed by atoms with E-state index in [0.717, 1.165) is 11.1 Å². The second-order valence-corrected chi connectivity index (χ2v) is 3.14. The summed E-state index contributed by atoms with van der Waals surface area (Å²) < 4.78 is 0. The fourth-order valence-electron chi connectivity index (χ4n) is 1.17. The van der Waals surface area contributed by atoms with Gasteiger partial charge < -0.3 is 10.8 Å². The zero-order valence-electron chi connectivity index (χ0n) is 7.77. The molecule has 2 nitrogen and oxygen atoms in total. The maximum atomic E-state index is 9.29. The first-order valence-electron chi connectivity index (χ1n) is 4.31. The van der Waals surface area contributed by atoms with Gasteiger partial charge in [-0.05, 0) is 18.1 Å². The molecular formula is C11H15NO.